The largest absolute Gasteiger partial charge is 0.409 e. The van der Waals surface area contributed by atoms with Gasteiger partial charge < -0.3 is 21.4 Å². The van der Waals surface area contributed by atoms with Gasteiger partial charge in [-0.2, -0.15) is 0 Å². The molecule has 0 heterocycles. The van der Waals surface area contributed by atoms with E-state index in [1.807, 2.05) is 13.8 Å². The first-order valence-electron chi connectivity index (χ1n) is 4.46. The summed E-state index contributed by atoms with van der Waals surface area (Å²) in [5, 5.41) is 23.4. The predicted octanol–water partition coefficient (Wildman–Crippen LogP) is -0.126. The van der Waals surface area contributed by atoms with Gasteiger partial charge in [0.15, 0.2) is 5.84 Å². The van der Waals surface area contributed by atoms with Gasteiger partial charge in [-0.1, -0.05) is 19.0 Å². The molecule has 0 radical (unpaired) electrons. The van der Waals surface area contributed by atoms with Crippen molar-refractivity contribution in [1.82, 2.24) is 5.32 Å². The molecule has 13 heavy (non-hydrogen) atoms. The van der Waals surface area contributed by atoms with E-state index in [4.69, 9.17) is 16.0 Å². The molecule has 0 rings (SSSR count). The molecule has 5 nitrogen and oxygen atoms in total. The van der Waals surface area contributed by atoms with E-state index in [1.54, 1.807) is 0 Å². The highest BCUT2D eigenvalue weighted by atomic mass is 16.4. The van der Waals surface area contributed by atoms with Crippen LogP contribution in [0.4, 0.5) is 0 Å². The third-order valence-corrected chi connectivity index (χ3v) is 2.43. The Morgan fingerprint density at radius 1 is 1.46 bits per heavy atom. The standard InChI is InChI=1S/C8H19N3O2/c1-3-8(4-2,6-12)10-5-7(9)11-13/h10,12-13H,3-6H2,1-2H3,(H2,9,11). The Kier molecular flexibility index (Phi) is 5.41. The highest BCUT2D eigenvalue weighted by Crippen LogP contribution is 2.13. The van der Waals surface area contributed by atoms with Gasteiger partial charge >= 0.3 is 0 Å². The molecule has 0 saturated heterocycles. The Balaban J connectivity index is 4.10. The van der Waals surface area contributed by atoms with Crippen LogP contribution in [-0.2, 0) is 0 Å². The molecule has 0 aliphatic carbocycles. The number of hydrogen-bond donors (Lipinski definition) is 4. The van der Waals surface area contributed by atoms with Crippen molar-refractivity contribution in [3.63, 3.8) is 0 Å². The molecule has 0 amide bonds. The van der Waals surface area contributed by atoms with Crippen LogP contribution in [0.3, 0.4) is 0 Å². The summed E-state index contributed by atoms with van der Waals surface area (Å²) in [5.41, 5.74) is 4.99. The maximum Gasteiger partial charge on any atom is 0.153 e. The lowest BCUT2D eigenvalue weighted by molar-refractivity contribution is 0.156. The molecule has 0 fully saturated rings. The number of aliphatic hydroxyl groups excluding tert-OH is 1. The van der Waals surface area contributed by atoms with Crippen molar-refractivity contribution in [3.05, 3.63) is 0 Å². The van der Waals surface area contributed by atoms with Crippen LogP contribution < -0.4 is 11.1 Å². The third-order valence-electron chi connectivity index (χ3n) is 2.43. The number of oxime groups is 1. The molecule has 5 N–H and O–H groups in total. The summed E-state index contributed by atoms with van der Waals surface area (Å²) in [7, 11) is 0. The average Bonchev–Trinajstić information content (AvgIpc) is 2.20. The van der Waals surface area contributed by atoms with Gasteiger partial charge in [0.1, 0.15) is 0 Å². The van der Waals surface area contributed by atoms with Crippen molar-refractivity contribution in [3.8, 4) is 0 Å². The Morgan fingerprint density at radius 2 is 2.00 bits per heavy atom. The Bertz CT molecular complexity index is 159. The smallest absolute Gasteiger partial charge is 0.153 e. The molecule has 78 valence electrons. The van der Waals surface area contributed by atoms with Crippen LogP contribution in [0.15, 0.2) is 5.16 Å². The fourth-order valence-electron chi connectivity index (χ4n) is 1.09. The Labute approximate surface area is 78.6 Å². The van der Waals surface area contributed by atoms with E-state index in [0.29, 0.717) is 6.54 Å². The zero-order chi connectivity index (χ0) is 10.3. The summed E-state index contributed by atoms with van der Waals surface area (Å²) in [6.07, 6.45) is 1.61. The van der Waals surface area contributed by atoms with Crippen LogP contribution in [0.25, 0.3) is 0 Å². The molecule has 0 spiro atoms. The van der Waals surface area contributed by atoms with Crippen molar-refractivity contribution >= 4 is 5.84 Å². The lowest BCUT2D eigenvalue weighted by atomic mass is 9.94. The molecule has 0 aliphatic heterocycles. The monoisotopic (exact) mass is 189 g/mol. The number of rotatable bonds is 6. The van der Waals surface area contributed by atoms with Gasteiger partial charge in [0.25, 0.3) is 0 Å². The second-order valence-electron chi connectivity index (χ2n) is 3.09. The third kappa shape index (κ3) is 3.61. The highest BCUT2D eigenvalue weighted by molar-refractivity contribution is 5.81. The number of amidine groups is 1. The van der Waals surface area contributed by atoms with Gasteiger partial charge in [0.2, 0.25) is 0 Å². The van der Waals surface area contributed by atoms with E-state index in [1.165, 1.54) is 0 Å². The minimum absolute atomic E-state index is 0.0543. The highest BCUT2D eigenvalue weighted by Gasteiger charge is 2.24. The van der Waals surface area contributed by atoms with Gasteiger partial charge in [0, 0.05) is 5.54 Å². The Hall–Kier alpha value is -0.810. The number of nitrogens with zero attached hydrogens (tertiary/aromatic N) is 1. The number of hydrogen-bond acceptors (Lipinski definition) is 4. The van der Waals surface area contributed by atoms with Gasteiger partial charge in [-0.3, -0.25) is 0 Å². The van der Waals surface area contributed by atoms with E-state index in [9.17, 15) is 0 Å². The minimum Gasteiger partial charge on any atom is -0.409 e. The molecule has 5 heteroatoms. The van der Waals surface area contributed by atoms with Crippen molar-refractivity contribution < 1.29 is 10.3 Å². The van der Waals surface area contributed by atoms with Crippen LogP contribution in [0.2, 0.25) is 0 Å². The molecule has 0 aromatic heterocycles. The van der Waals surface area contributed by atoms with E-state index in [-0.39, 0.29) is 18.0 Å². The normalized spacial score (nSPS) is 13.3. The molecular weight excluding hydrogens is 170 g/mol. The maximum absolute atomic E-state index is 9.16. The van der Waals surface area contributed by atoms with Crippen LogP contribution in [0.5, 0.6) is 0 Å². The van der Waals surface area contributed by atoms with Crippen molar-refractivity contribution in [1.29, 1.82) is 0 Å². The molecule has 0 atom stereocenters. The van der Waals surface area contributed by atoms with Gasteiger partial charge in [-0.25, -0.2) is 0 Å². The number of nitrogens with one attached hydrogen (secondary N) is 1. The van der Waals surface area contributed by atoms with E-state index < -0.39 is 0 Å². The van der Waals surface area contributed by atoms with Crippen molar-refractivity contribution in [2.75, 3.05) is 13.2 Å². The summed E-state index contributed by atoms with van der Waals surface area (Å²) in [5.74, 6) is 0.125. The summed E-state index contributed by atoms with van der Waals surface area (Å²) >= 11 is 0. The first-order valence-corrected chi connectivity index (χ1v) is 4.46. The molecule has 0 saturated carbocycles. The topological polar surface area (TPSA) is 90.9 Å². The second-order valence-corrected chi connectivity index (χ2v) is 3.09. The SMILES string of the molecule is CCC(CC)(CO)NCC(N)=NO. The maximum atomic E-state index is 9.16. The van der Waals surface area contributed by atoms with Crippen LogP contribution in [0, 0.1) is 0 Å². The van der Waals surface area contributed by atoms with E-state index in [2.05, 4.69) is 10.5 Å². The molecule has 0 aromatic rings. The molecule has 0 aliphatic rings. The minimum atomic E-state index is -0.310. The van der Waals surface area contributed by atoms with Crippen molar-refractivity contribution in [2.45, 2.75) is 32.2 Å². The molecular formula is C8H19N3O2. The quantitative estimate of drug-likeness (QED) is 0.203. The van der Waals surface area contributed by atoms with Crippen molar-refractivity contribution in [2.24, 2.45) is 10.9 Å². The number of aliphatic hydroxyl groups is 1. The van der Waals surface area contributed by atoms with Crippen LogP contribution in [-0.4, -0.2) is 34.8 Å². The first-order chi connectivity index (χ1) is 6.14. The van der Waals surface area contributed by atoms with E-state index >= 15 is 0 Å². The summed E-state index contributed by atoms with van der Waals surface area (Å²) in [4.78, 5) is 0. The van der Waals surface area contributed by atoms with E-state index in [0.717, 1.165) is 12.8 Å². The lowest BCUT2D eigenvalue weighted by Gasteiger charge is -2.30. The fourth-order valence-corrected chi connectivity index (χ4v) is 1.09. The van der Waals surface area contributed by atoms with Gasteiger partial charge in [-0.15, -0.1) is 0 Å². The average molecular weight is 189 g/mol. The molecule has 0 aromatic carbocycles. The lowest BCUT2D eigenvalue weighted by Crippen LogP contribution is -2.50. The van der Waals surface area contributed by atoms with Gasteiger partial charge in [-0.05, 0) is 12.8 Å². The second kappa shape index (κ2) is 5.77. The van der Waals surface area contributed by atoms with Crippen LogP contribution >= 0.6 is 0 Å². The van der Waals surface area contributed by atoms with Gasteiger partial charge in [0.05, 0.1) is 13.2 Å². The summed E-state index contributed by atoms with van der Waals surface area (Å²) < 4.78 is 0. The zero-order valence-corrected chi connectivity index (χ0v) is 8.25. The predicted molar refractivity (Wildman–Crippen MR) is 51.8 cm³/mol. The zero-order valence-electron chi connectivity index (χ0n) is 8.25. The molecule has 0 bridgehead atoms. The van der Waals surface area contributed by atoms with Crippen LogP contribution in [0.1, 0.15) is 26.7 Å². The fraction of sp³-hybridized carbons (Fsp3) is 0.875. The molecule has 0 unspecified atom stereocenters. The number of nitrogens with two attached hydrogens (primary N) is 1. The first kappa shape index (κ1) is 12.2. The summed E-state index contributed by atoms with van der Waals surface area (Å²) in [6.45, 7) is 4.31. The Morgan fingerprint density at radius 3 is 2.31 bits per heavy atom. The summed E-state index contributed by atoms with van der Waals surface area (Å²) in [6, 6.07) is 0.